The highest BCUT2D eigenvalue weighted by Gasteiger charge is 2.16. The van der Waals surface area contributed by atoms with Crippen LogP contribution < -0.4 is 4.72 Å². The fourth-order valence-corrected chi connectivity index (χ4v) is 3.05. The van der Waals surface area contributed by atoms with Gasteiger partial charge in [0.05, 0.1) is 15.5 Å². The fraction of sp³-hybridized carbons (Fsp3) is 0.0714. The molecule has 0 aliphatic carbocycles. The number of nitriles is 1. The minimum Gasteiger partial charge on any atom is -0.508 e. The van der Waals surface area contributed by atoms with Crippen LogP contribution in [0.4, 0.5) is 5.69 Å². The van der Waals surface area contributed by atoms with E-state index in [-0.39, 0.29) is 21.2 Å². The average Bonchev–Trinajstić information content (AvgIpc) is 2.42. The summed E-state index contributed by atoms with van der Waals surface area (Å²) < 4.78 is 26.9. The Balaban J connectivity index is 2.36. The van der Waals surface area contributed by atoms with Crippen molar-refractivity contribution in [3.05, 3.63) is 52.5 Å². The first-order valence-electron chi connectivity index (χ1n) is 5.85. The summed E-state index contributed by atoms with van der Waals surface area (Å²) in [7, 11) is -3.82. The summed E-state index contributed by atoms with van der Waals surface area (Å²) in [6.07, 6.45) is 0. The molecule has 0 unspecified atom stereocenters. The topological polar surface area (TPSA) is 90.2 Å². The molecule has 0 fully saturated rings. The van der Waals surface area contributed by atoms with Crippen LogP contribution in [-0.4, -0.2) is 13.5 Å². The molecule has 5 nitrogen and oxygen atoms in total. The molecule has 108 valence electrons. The van der Waals surface area contributed by atoms with E-state index in [9.17, 15) is 13.5 Å². The number of sulfonamides is 1. The second-order valence-electron chi connectivity index (χ2n) is 4.36. The maximum atomic E-state index is 12.2. The summed E-state index contributed by atoms with van der Waals surface area (Å²) in [4.78, 5) is -0.0442. The zero-order valence-corrected chi connectivity index (χ0v) is 12.5. The van der Waals surface area contributed by atoms with Gasteiger partial charge in [-0.3, -0.25) is 4.72 Å². The number of anilines is 1. The monoisotopic (exact) mass is 322 g/mol. The Kier molecular flexibility index (Phi) is 4.07. The van der Waals surface area contributed by atoms with Crippen molar-refractivity contribution in [3.8, 4) is 11.8 Å². The first-order chi connectivity index (χ1) is 9.83. The Morgan fingerprint density at radius 2 is 1.95 bits per heavy atom. The van der Waals surface area contributed by atoms with Gasteiger partial charge >= 0.3 is 0 Å². The van der Waals surface area contributed by atoms with Crippen LogP contribution in [0.25, 0.3) is 0 Å². The molecule has 0 spiro atoms. The van der Waals surface area contributed by atoms with Gasteiger partial charge in [0.15, 0.2) is 0 Å². The molecule has 0 aromatic heterocycles. The van der Waals surface area contributed by atoms with E-state index in [4.69, 9.17) is 16.9 Å². The van der Waals surface area contributed by atoms with Gasteiger partial charge in [-0.05, 0) is 48.9 Å². The number of phenolic OH excluding ortho intramolecular Hbond substituents is 1. The van der Waals surface area contributed by atoms with Crippen molar-refractivity contribution in [2.75, 3.05) is 4.72 Å². The van der Waals surface area contributed by atoms with Gasteiger partial charge in [-0.1, -0.05) is 11.6 Å². The molecule has 0 atom stereocenters. The number of nitrogens with zero attached hydrogens (tertiary/aromatic N) is 1. The third-order valence-electron chi connectivity index (χ3n) is 2.82. The minimum atomic E-state index is -3.82. The summed E-state index contributed by atoms with van der Waals surface area (Å²) >= 11 is 5.84. The Bertz CT molecular complexity index is 842. The number of benzene rings is 2. The zero-order chi connectivity index (χ0) is 15.6. The maximum Gasteiger partial charge on any atom is 0.261 e. The van der Waals surface area contributed by atoms with Crippen LogP contribution in [0.1, 0.15) is 11.1 Å². The molecule has 0 saturated heterocycles. The van der Waals surface area contributed by atoms with Gasteiger partial charge in [-0.25, -0.2) is 8.42 Å². The van der Waals surface area contributed by atoms with Crippen molar-refractivity contribution >= 4 is 27.3 Å². The largest absolute Gasteiger partial charge is 0.508 e. The zero-order valence-electron chi connectivity index (χ0n) is 11.0. The smallest absolute Gasteiger partial charge is 0.261 e. The molecular formula is C14H11ClN2O3S. The summed E-state index contributed by atoms with van der Waals surface area (Å²) in [5.74, 6) is 0.0827. The summed E-state index contributed by atoms with van der Waals surface area (Å²) in [6.45, 7) is 1.66. The second-order valence-corrected chi connectivity index (χ2v) is 6.45. The molecule has 21 heavy (non-hydrogen) atoms. The molecule has 0 heterocycles. The number of aryl methyl sites for hydroxylation is 1. The van der Waals surface area contributed by atoms with Crippen molar-refractivity contribution in [1.82, 2.24) is 0 Å². The lowest BCUT2D eigenvalue weighted by atomic mass is 10.2. The lowest BCUT2D eigenvalue weighted by Gasteiger charge is -2.10. The highest BCUT2D eigenvalue weighted by atomic mass is 35.5. The number of rotatable bonds is 3. The quantitative estimate of drug-likeness (QED) is 0.850. The van der Waals surface area contributed by atoms with Gasteiger partial charge in [-0.2, -0.15) is 5.26 Å². The Hall–Kier alpha value is -2.23. The molecule has 2 rings (SSSR count). The van der Waals surface area contributed by atoms with Gasteiger partial charge in [0, 0.05) is 5.69 Å². The fourth-order valence-electron chi connectivity index (χ4n) is 1.69. The molecule has 0 saturated carbocycles. The third-order valence-corrected chi connectivity index (χ3v) is 4.51. The first kappa shape index (κ1) is 15.2. The van der Waals surface area contributed by atoms with E-state index >= 15 is 0 Å². The minimum absolute atomic E-state index is 0.0442. The molecule has 0 bridgehead atoms. The van der Waals surface area contributed by atoms with Crippen molar-refractivity contribution < 1.29 is 13.5 Å². The van der Waals surface area contributed by atoms with Crippen LogP contribution in [0.3, 0.4) is 0 Å². The predicted octanol–water partition coefficient (Wildman–Crippen LogP) is 3.03. The summed E-state index contributed by atoms with van der Waals surface area (Å²) in [5, 5.41) is 18.3. The molecular weight excluding hydrogens is 312 g/mol. The second kappa shape index (κ2) is 5.64. The molecule has 2 aromatic carbocycles. The normalized spacial score (nSPS) is 10.9. The number of hydrogen-bond donors (Lipinski definition) is 2. The van der Waals surface area contributed by atoms with E-state index in [1.807, 2.05) is 6.07 Å². The van der Waals surface area contributed by atoms with E-state index < -0.39 is 10.0 Å². The Morgan fingerprint density at radius 1 is 1.24 bits per heavy atom. The van der Waals surface area contributed by atoms with E-state index in [2.05, 4.69) is 4.72 Å². The van der Waals surface area contributed by atoms with E-state index in [0.717, 1.165) is 0 Å². The molecule has 0 radical (unpaired) electrons. The Labute approximate surface area is 127 Å². The van der Waals surface area contributed by atoms with E-state index in [1.165, 1.54) is 36.4 Å². The van der Waals surface area contributed by atoms with Crippen LogP contribution in [0, 0.1) is 18.3 Å². The number of aromatic hydroxyl groups is 1. The summed E-state index contributed by atoms with van der Waals surface area (Å²) in [5.41, 5.74) is 1.08. The van der Waals surface area contributed by atoms with Crippen LogP contribution in [0.2, 0.25) is 5.02 Å². The van der Waals surface area contributed by atoms with Gasteiger partial charge in [0.2, 0.25) is 0 Å². The van der Waals surface area contributed by atoms with Gasteiger partial charge in [0.25, 0.3) is 10.0 Å². The standard InChI is InChI=1S/C14H11ClN2O3S/c1-9-6-11(3-5-14(9)18)17-21(19,20)12-4-2-10(8-16)13(15)7-12/h2-7,17-18H,1H3. The van der Waals surface area contributed by atoms with Gasteiger partial charge < -0.3 is 5.11 Å². The van der Waals surface area contributed by atoms with Gasteiger partial charge in [-0.15, -0.1) is 0 Å². The molecule has 2 aromatic rings. The lowest BCUT2D eigenvalue weighted by molar-refractivity contribution is 0.471. The SMILES string of the molecule is Cc1cc(NS(=O)(=O)c2ccc(C#N)c(Cl)c2)ccc1O. The number of halogens is 1. The Morgan fingerprint density at radius 3 is 2.52 bits per heavy atom. The average molecular weight is 323 g/mol. The number of hydrogen-bond acceptors (Lipinski definition) is 4. The summed E-state index contributed by atoms with van der Waals surface area (Å²) in [6, 6.07) is 10.1. The molecule has 7 heteroatoms. The number of phenols is 1. The van der Waals surface area contributed by atoms with Crippen molar-refractivity contribution in [3.63, 3.8) is 0 Å². The van der Waals surface area contributed by atoms with Crippen LogP contribution >= 0.6 is 11.6 Å². The van der Waals surface area contributed by atoms with Crippen molar-refractivity contribution in [2.24, 2.45) is 0 Å². The first-order valence-corrected chi connectivity index (χ1v) is 7.71. The third kappa shape index (κ3) is 3.27. The van der Waals surface area contributed by atoms with E-state index in [1.54, 1.807) is 6.92 Å². The van der Waals surface area contributed by atoms with Gasteiger partial charge in [0.1, 0.15) is 11.8 Å². The van der Waals surface area contributed by atoms with Crippen molar-refractivity contribution in [2.45, 2.75) is 11.8 Å². The molecule has 0 aliphatic heterocycles. The van der Waals surface area contributed by atoms with E-state index in [0.29, 0.717) is 11.3 Å². The predicted molar refractivity (Wildman–Crippen MR) is 79.8 cm³/mol. The molecule has 0 amide bonds. The number of nitrogens with one attached hydrogen (secondary N) is 1. The molecule has 0 aliphatic rings. The van der Waals surface area contributed by atoms with Crippen LogP contribution in [0.15, 0.2) is 41.3 Å². The highest BCUT2D eigenvalue weighted by molar-refractivity contribution is 7.92. The lowest BCUT2D eigenvalue weighted by Crippen LogP contribution is -2.13. The van der Waals surface area contributed by atoms with Crippen LogP contribution in [-0.2, 0) is 10.0 Å². The van der Waals surface area contributed by atoms with Crippen LogP contribution in [0.5, 0.6) is 5.75 Å². The highest BCUT2D eigenvalue weighted by Crippen LogP contribution is 2.24. The maximum absolute atomic E-state index is 12.2. The molecule has 2 N–H and O–H groups in total. The van der Waals surface area contributed by atoms with Crippen molar-refractivity contribution in [1.29, 1.82) is 5.26 Å².